The van der Waals surface area contributed by atoms with Gasteiger partial charge in [-0.2, -0.15) is 0 Å². The van der Waals surface area contributed by atoms with Crippen LogP contribution in [0, 0.1) is 5.92 Å². The minimum Gasteiger partial charge on any atom is -0.467 e. The van der Waals surface area contributed by atoms with Crippen LogP contribution >= 0.6 is 0 Å². The molecule has 0 aromatic heterocycles. The highest BCUT2D eigenvalue weighted by atomic mass is 28.4. The topological polar surface area (TPSA) is 146 Å². The van der Waals surface area contributed by atoms with Gasteiger partial charge in [0.2, 0.25) is 0 Å². The minimum absolute atomic E-state index is 0.00411. The van der Waals surface area contributed by atoms with E-state index in [-0.39, 0.29) is 41.1 Å². The smallest absolute Gasteiger partial charge is 0.408 e. The van der Waals surface area contributed by atoms with Gasteiger partial charge in [-0.3, -0.25) is 4.79 Å². The van der Waals surface area contributed by atoms with Crippen LogP contribution in [0.3, 0.4) is 0 Å². The van der Waals surface area contributed by atoms with E-state index in [1.165, 1.54) is 7.11 Å². The Hall–Kier alpha value is -3.32. The molecule has 2 aromatic carbocycles. The fourth-order valence-electron chi connectivity index (χ4n) is 6.54. The van der Waals surface area contributed by atoms with Crippen LogP contribution in [0.2, 0.25) is 36.3 Å². The number of esters is 2. The molecule has 62 heavy (non-hydrogen) atoms. The standard InChI is InChI=1S/C47H75NO12Si2/c1-32(2)27-41(49)57-37-23-26-43(60-39(37)30-54-61(10,11)46(3,4)5)58-38-24-25-42(59-40(38)31-55-62(12,13)47(6,7)8)56-35-21-19-33(20-22-35)28-36(44(50)52-9)48-45(51)53-29-34-17-15-14-16-18-34/h14-22,32,36-40,42-43H,23-31H2,1-13H3,(H,48,51)/t36-,37-,38-,39+,40+,42-,43-/m1/s1. The third kappa shape index (κ3) is 15.7. The Morgan fingerprint density at radius 2 is 1.29 bits per heavy atom. The summed E-state index contributed by atoms with van der Waals surface area (Å²) in [6, 6.07) is 15.7. The van der Waals surface area contributed by atoms with E-state index in [2.05, 4.69) is 73.0 Å². The van der Waals surface area contributed by atoms with Crippen LogP contribution in [0.1, 0.15) is 98.6 Å². The van der Waals surface area contributed by atoms with Gasteiger partial charge in [0.15, 0.2) is 29.2 Å². The van der Waals surface area contributed by atoms with Crippen molar-refractivity contribution in [1.82, 2.24) is 5.32 Å². The molecule has 2 aliphatic rings. The maximum atomic E-state index is 12.8. The first-order valence-electron chi connectivity index (χ1n) is 22.2. The maximum Gasteiger partial charge on any atom is 0.408 e. The van der Waals surface area contributed by atoms with Gasteiger partial charge in [-0.1, -0.05) is 97.9 Å². The second-order valence-corrected chi connectivity index (χ2v) is 29.7. The lowest BCUT2D eigenvalue weighted by Crippen LogP contribution is -2.52. The third-order valence-corrected chi connectivity index (χ3v) is 21.5. The van der Waals surface area contributed by atoms with Crippen LogP contribution < -0.4 is 10.1 Å². The monoisotopic (exact) mass is 901 g/mol. The fourth-order valence-corrected chi connectivity index (χ4v) is 8.57. The van der Waals surface area contributed by atoms with Crippen molar-refractivity contribution >= 4 is 34.7 Å². The van der Waals surface area contributed by atoms with Crippen LogP contribution in [0.5, 0.6) is 5.75 Å². The molecule has 2 heterocycles. The number of benzene rings is 2. The summed E-state index contributed by atoms with van der Waals surface area (Å²) in [6.07, 6.45) is -0.651. The summed E-state index contributed by atoms with van der Waals surface area (Å²) in [4.78, 5) is 38.0. The van der Waals surface area contributed by atoms with Crippen LogP contribution in [0.15, 0.2) is 54.6 Å². The molecule has 1 amide bonds. The lowest BCUT2D eigenvalue weighted by molar-refractivity contribution is -0.283. The van der Waals surface area contributed by atoms with Crippen LogP contribution in [0.25, 0.3) is 0 Å². The minimum atomic E-state index is -2.16. The van der Waals surface area contributed by atoms with E-state index < -0.39 is 65.6 Å². The van der Waals surface area contributed by atoms with Crippen molar-refractivity contribution in [2.45, 2.75) is 180 Å². The Labute approximate surface area is 372 Å². The number of amides is 1. The summed E-state index contributed by atoms with van der Waals surface area (Å²) >= 11 is 0. The SMILES string of the molecule is COC(=O)[C@@H](Cc1ccc(O[C@H]2CC[C@@H](O[C@H]3CC[C@@H](OC(=O)CC(C)C)[C@H](CO[Si](C)(C)C(C)(C)C)O3)[C@H](CO[Si](C)(C)C(C)(C)C)O2)cc1)NC(=O)OCc1ccccc1. The molecule has 13 nitrogen and oxygen atoms in total. The van der Waals surface area contributed by atoms with E-state index in [1.54, 1.807) is 0 Å². The largest absolute Gasteiger partial charge is 0.467 e. The highest BCUT2D eigenvalue weighted by molar-refractivity contribution is 6.74. The van der Waals surface area contributed by atoms with Crippen molar-refractivity contribution in [1.29, 1.82) is 0 Å². The van der Waals surface area contributed by atoms with Gasteiger partial charge in [0, 0.05) is 25.7 Å². The highest BCUT2D eigenvalue weighted by Gasteiger charge is 2.44. The van der Waals surface area contributed by atoms with Gasteiger partial charge in [0.25, 0.3) is 0 Å². The van der Waals surface area contributed by atoms with Gasteiger partial charge in [0.05, 0.1) is 26.4 Å². The number of hydrogen-bond donors (Lipinski definition) is 1. The lowest BCUT2D eigenvalue weighted by Gasteiger charge is -2.43. The van der Waals surface area contributed by atoms with E-state index in [9.17, 15) is 14.4 Å². The predicted molar refractivity (Wildman–Crippen MR) is 243 cm³/mol. The number of carbonyl (C=O) groups is 3. The van der Waals surface area contributed by atoms with Crippen molar-refractivity contribution in [2.75, 3.05) is 20.3 Å². The van der Waals surface area contributed by atoms with E-state index >= 15 is 0 Å². The molecule has 2 fully saturated rings. The molecule has 0 unspecified atom stereocenters. The Morgan fingerprint density at radius 1 is 0.742 bits per heavy atom. The number of methoxy groups -OCH3 is 1. The summed E-state index contributed by atoms with van der Waals surface area (Å²) in [6.45, 7) is 26.8. The Kier molecular flexibility index (Phi) is 18.7. The molecule has 2 saturated heterocycles. The first-order chi connectivity index (χ1) is 29.0. The van der Waals surface area contributed by atoms with E-state index in [4.69, 9.17) is 42.0 Å². The molecular weight excluding hydrogens is 827 g/mol. The van der Waals surface area contributed by atoms with Crippen molar-refractivity contribution < 1.29 is 56.4 Å². The normalized spacial score (nSPS) is 23.0. The number of hydrogen-bond acceptors (Lipinski definition) is 12. The third-order valence-electron chi connectivity index (χ3n) is 12.5. The summed E-state index contributed by atoms with van der Waals surface area (Å²) in [7, 11) is -3.00. The molecule has 0 spiro atoms. The van der Waals surface area contributed by atoms with Gasteiger partial charge in [-0.05, 0) is 78.3 Å². The molecule has 348 valence electrons. The van der Waals surface area contributed by atoms with Gasteiger partial charge in [-0.15, -0.1) is 0 Å². The summed E-state index contributed by atoms with van der Waals surface area (Å²) in [5, 5.41) is 2.63. The zero-order valence-corrected chi connectivity index (χ0v) is 41.6. The molecule has 0 aliphatic carbocycles. The van der Waals surface area contributed by atoms with Crippen molar-refractivity contribution in [3.63, 3.8) is 0 Å². The summed E-state index contributed by atoms with van der Waals surface area (Å²) in [5.74, 6) is -0.0373. The summed E-state index contributed by atoms with van der Waals surface area (Å²) < 4.78 is 56.0. The molecule has 2 aliphatic heterocycles. The van der Waals surface area contributed by atoms with Gasteiger partial charge >= 0.3 is 18.0 Å². The van der Waals surface area contributed by atoms with Crippen LogP contribution in [-0.4, -0.2) is 98.0 Å². The number of nitrogens with one attached hydrogen (secondary N) is 1. The molecule has 0 radical (unpaired) electrons. The lowest BCUT2D eigenvalue weighted by atomic mass is 10.0. The maximum absolute atomic E-state index is 12.8. The van der Waals surface area contributed by atoms with E-state index in [0.717, 1.165) is 11.1 Å². The quantitative estimate of drug-likeness (QED) is 0.0814. The molecular formula is C47H75NO12Si2. The number of carbonyl (C=O) groups excluding carboxylic acids is 3. The molecule has 15 heteroatoms. The van der Waals surface area contributed by atoms with E-state index in [1.807, 2.05) is 68.4 Å². The number of alkyl carbamates (subject to hydrolysis) is 1. The number of rotatable bonds is 19. The van der Waals surface area contributed by atoms with Crippen molar-refractivity contribution in [2.24, 2.45) is 5.92 Å². The second kappa shape index (κ2) is 22.5. The van der Waals surface area contributed by atoms with Gasteiger partial charge in [0.1, 0.15) is 36.7 Å². The zero-order valence-electron chi connectivity index (χ0n) is 39.6. The molecule has 2 aromatic rings. The molecule has 7 atom stereocenters. The average molecular weight is 902 g/mol. The van der Waals surface area contributed by atoms with Crippen LogP contribution in [-0.2, 0) is 59.9 Å². The van der Waals surface area contributed by atoms with Crippen LogP contribution in [0.4, 0.5) is 4.79 Å². The summed E-state index contributed by atoms with van der Waals surface area (Å²) in [5.41, 5.74) is 1.62. The molecule has 0 saturated carbocycles. The Bertz CT molecular complexity index is 1710. The molecule has 1 N–H and O–H groups in total. The van der Waals surface area contributed by atoms with Crippen molar-refractivity contribution in [3.05, 3.63) is 65.7 Å². The Morgan fingerprint density at radius 3 is 1.85 bits per heavy atom. The predicted octanol–water partition coefficient (Wildman–Crippen LogP) is 9.47. The fraction of sp³-hybridized carbons (Fsp3) is 0.681. The average Bonchev–Trinajstić information content (AvgIpc) is 3.19. The second-order valence-electron chi connectivity index (χ2n) is 20.1. The molecule has 4 rings (SSSR count). The van der Waals surface area contributed by atoms with Gasteiger partial charge in [-0.25, -0.2) is 9.59 Å². The van der Waals surface area contributed by atoms with E-state index in [0.29, 0.717) is 51.1 Å². The van der Waals surface area contributed by atoms with Crippen molar-refractivity contribution in [3.8, 4) is 5.75 Å². The number of ether oxygens (including phenoxy) is 7. The first-order valence-corrected chi connectivity index (χ1v) is 28.0. The van der Waals surface area contributed by atoms with Gasteiger partial charge < -0.3 is 47.3 Å². The highest BCUT2D eigenvalue weighted by Crippen LogP contribution is 2.39. The molecule has 0 bridgehead atoms. The zero-order chi connectivity index (χ0) is 45.9. The Balaban J connectivity index is 1.42. The first kappa shape index (κ1) is 51.3.